The number of sulfone groups is 1. The molecule has 106 valence electrons. The molecular formula is C15H23NO2S. The lowest BCUT2D eigenvalue weighted by molar-refractivity contribution is 0.385. The molecule has 0 fully saturated rings. The summed E-state index contributed by atoms with van der Waals surface area (Å²) < 4.78 is 23.3. The largest absolute Gasteiger partial charge is 0.310 e. The summed E-state index contributed by atoms with van der Waals surface area (Å²) in [6.45, 7) is 4.73. The maximum atomic E-state index is 11.7. The van der Waals surface area contributed by atoms with Crippen LogP contribution in [-0.2, 0) is 16.3 Å². The van der Waals surface area contributed by atoms with Crippen molar-refractivity contribution < 1.29 is 8.42 Å². The van der Waals surface area contributed by atoms with E-state index < -0.39 is 9.84 Å². The number of hydrogen-bond donors (Lipinski definition) is 1. The molecule has 19 heavy (non-hydrogen) atoms. The molecule has 1 N–H and O–H groups in total. The Labute approximate surface area is 116 Å². The van der Waals surface area contributed by atoms with Gasteiger partial charge in [0.1, 0.15) is 9.84 Å². The Morgan fingerprint density at radius 3 is 2.68 bits per heavy atom. The molecule has 1 aromatic carbocycles. The molecule has 1 aliphatic rings. The van der Waals surface area contributed by atoms with Gasteiger partial charge in [-0.25, -0.2) is 8.42 Å². The van der Waals surface area contributed by atoms with E-state index in [9.17, 15) is 8.42 Å². The van der Waals surface area contributed by atoms with Crippen LogP contribution < -0.4 is 5.32 Å². The Hall–Kier alpha value is -0.870. The van der Waals surface area contributed by atoms with E-state index in [0.717, 1.165) is 19.4 Å². The molecule has 0 amide bonds. The summed E-state index contributed by atoms with van der Waals surface area (Å²) in [6, 6.07) is 8.76. The van der Waals surface area contributed by atoms with Crippen molar-refractivity contribution >= 4 is 9.84 Å². The second-order valence-electron chi connectivity index (χ2n) is 5.22. The van der Waals surface area contributed by atoms with Crippen LogP contribution in [0.2, 0.25) is 0 Å². The predicted molar refractivity (Wildman–Crippen MR) is 79.0 cm³/mol. The molecule has 1 aliphatic carbocycles. The van der Waals surface area contributed by atoms with Gasteiger partial charge in [0.05, 0.1) is 5.75 Å². The second kappa shape index (κ2) is 6.06. The monoisotopic (exact) mass is 281 g/mol. The van der Waals surface area contributed by atoms with Crippen molar-refractivity contribution in [3.8, 4) is 0 Å². The van der Waals surface area contributed by atoms with Crippen LogP contribution in [0.1, 0.15) is 37.4 Å². The highest BCUT2D eigenvalue weighted by Crippen LogP contribution is 2.37. The number of nitrogens with one attached hydrogen (secondary N) is 1. The third-order valence-corrected chi connectivity index (χ3v) is 5.74. The quantitative estimate of drug-likeness (QED) is 0.870. The Balaban J connectivity index is 2.10. The van der Waals surface area contributed by atoms with Gasteiger partial charge < -0.3 is 5.32 Å². The minimum atomic E-state index is -2.86. The van der Waals surface area contributed by atoms with Gasteiger partial charge in [-0.1, -0.05) is 38.1 Å². The van der Waals surface area contributed by atoms with Crippen molar-refractivity contribution in [2.75, 3.05) is 18.1 Å². The van der Waals surface area contributed by atoms with Crippen molar-refractivity contribution in [2.24, 2.45) is 5.92 Å². The predicted octanol–water partition coefficient (Wildman–Crippen LogP) is 2.33. The van der Waals surface area contributed by atoms with E-state index in [1.165, 1.54) is 11.1 Å². The van der Waals surface area contributed by atoms with E-state index in [0.29, 0.717) is 17.7 Å². The van der Waals surface area contributed by atoms with Crippen LogP contribution in [0.4, 0.5) is 0 Å². The zero-order valence-electron chi connectivity index (χ0n) is 11.7. The van der Waals surface area contributed by atoms with Gasteiger partial charge in [0, 0.05) is 11.8 Å². The highest BCUT2D eigenvalue weighted by atomic mass is 32.2. The van der Waals surface area contributed by atoms with Gasteiger partial charge in [-0.05, 0) is 36.4 Å². The summed E-state index contributed by atoms with van der Waals surface area (Å²) in [6.07, 6.45) is 1.75. The highest BCUT2D eigenvalue weighted by Gasteiger charge is 2.31. The maximum absolute atomic E-state index is 11.7. The topological polar surface area (TPSA) is 46.2 Å². The Morgan fingerprint density at radius 1 is 1.26 bits per heavy atom. The molecule has 0 saturated heterocycles. The molecule has 0 aliphatic heterocycles. The van der Waals surface area contributed by atoms with Crippen molar-refractivity contribution in [3.63, 3.8) is 0 Å². The summed E-state index contributed by atoms with van der Waals surface area (Å²) in [4.78, 5) is 0. The summed E-state index contributed by atoms with van der Waals surface area (Å²) >= 11 is 0. The van der Waals surface area contributed by atoms with E-state index in [1.807, 2.05) is 0 Å². The van der Waals surface area contributed by atoms with Gasteiger partial charge in [-0.15, -0.1) is 0 Å². The standard InChI is InChI=1S/C15H23NO2S/c1-3-16-15-13(9-10-19(17,18)4-2)11-12-7-5-6-8-14(12)15/h5-8,13,15-16H,3-4,9-11H2,1-2H3. The van der Waals surface area contributed by atoms with Crippen LogP contribution in [-0.4, -0.2) is 26.5 Å². The first kappa shape index (κ1) is 14.5. The zero-order chi connectivity index (χ0) is 13.9. The first-order valence-corrected chi connectivity index (χ1v) is 8.91. The second-order valence-corrected chi connectivity index (χ2v) is 7.70. The molecule has 4 heteroatoms. The van der Waals surface area contributed by atoms with Gasteiger partial charge in [-0.2, -0.15) is 0 Å². The third-order valence-electron chi connectivity index (χ3n) is 4.01. The van der Waals surface area contributed by atoms with E-state index in [2.05, 4.69) is 36.5 Å². The van der Waals surface area contributed by atoms with E-state index in [1.54, 1.807) is 6.92 Å². The van der Waals surface area contributed by atoms with E-state index in [4.69, 9.17) is 0 Å². The normalized spacial score (nSPS) is 22.4. The molecule has 0 bridgehead atoms. The summed E-state index contributed by atoms with van der Waals surface area (Å²) in [7, 11) is -2.86. The number of benzene rings is 1. The molecule has 0 aromatic heterocycles. The first-order chi connectivity index (χ1) is 9.07. The van der Waals surface area contributed by atoms with Crippen LogP contribution in [0.3, 0.4) is 0 Å². The Bertz CT molecular complexity index is 525. The summed E-state index contributed by atoms with van der Waals surface area (Å²) in [5.41, 5.74) is 2.72. The summed E-state index contributed by atoms with van der Waals surface area (Å²) in [5.74, 6) is 0.960. The smallest absolute Gasteiger partial charge is 0.150 e. The lowest BCUT2D eigenvalue weighted by Gasteiger charge is -2.21. The lowest BCUT2D eigenvalue weighted by Crippen LogP contribution is -2.26. The van der Waals surface area contributed by atoms with Crippen LogP contribution in [0, 0.1) is 5.92 Å². The van der Waals surface area contributed by atoms with E-state index in [-0.39, 0.29) is 5.75 Å². The highest BCUT2D eigenvalue weighted by molar-refractivity contribution is 7.91. The molecule has 1 aromatic rings. The van der Waals surface area contributed by atoms with Gasteiger partial charge in [0.2, 0.25) is 0 Å². The van der Waals surface area contributed by atoms with Gasteiger partial charge in [0.25, 0.3) is 0 Å². The van der Waals surface area contributed by atoms with Crippen molar-refractivity contribution in [1.82, 2.24) is 5.32 Å². The number of hydrogen-bond acceptors (Lipinski definition) is 3. The van der Waals surface area contributed by atoms with Gasteiger partial charge in [-0.3, -0.25) is 0 Å². The molecule has 2 atom stereocenters. The van der Waals surface area contributed by atoms with Crippen LogP contribution >= 0.6 is 0 Å². The molecule has 2 rings (SSSR count). The molecule has 0 radical (unpaired) electrons. The molecule has 3 nitrogen and oxygen atoms in total. The fourth-order valence-corrected chi connectivity index (χ4v) is 3.87. The van der Waals surface area contributed by atoms with Crippen LogP contribution in [0.5, 0.6) is 0 Å². The Kier molecular flexibility index (Phi) is 4.63. The first-order valence-electron chi connectivity index (χ1n) is 7.09. The zero-order valence-corrected chi connectivity index (χ0v) is 12.5. The fourth-order valence-electron chi connectivity index (χ4n) is 2.92. The average Bonchev–Trinajstić information content (AvgIpc) is 2.76. The number of fused-ring (bicyclic) bond motifs is 1. The molecule has 0 saturated carbocycles. The fraction of sp³-hybridized carbons (Fsp3) is 0.600. The van der Waals surface area contributed by atoms with Crippen molar-refractivity contribution in [2.45, 2.75) is 32.7 Å². The Morgan fingerprint density at radius 2 is 2.00 bits per heavy atom. The third kappa shape index (κ3) is 3.37. The molecular weight excluding hydrogens is 258 g/mol. The average molecular weight is 281 g/mol. The van der Waals surface area contributed by atoms with Crippen molar-refractivity contribution in [3.05, 3.63) is 35.4 Å². The van der Waals surface area contributed by atoms with E-state index >= 15 is 0 Å². The molecule has 0 heterocycles. The number of rotatable bonds is 6. The minimum absolute atomic E-state index is 0.249. The minimum Gasteiger partial charge on any atom is -0.310 e. The lowest BCUT2D eigenvalue weighted by atomic mass is 9.98. The maximum Gasteiger partial charge on any atom is 0.150 e. The van der Waals surface area contributed by atoms with Gasteiger partial charge in [0.15, 0.2) is 0 Å². The van der Waals surface area contributed by atoms with Gasteiger partial charge >= 0.3 is 0 Å². The van der Waals surface area contributed by atoms with Crippen molar-refractivity contribution in [1.29, 1.82) is 0 Å². The van der Waals surface area contributed by atoms with Crippen LogP contribution in [0.15, 0.2) is 24.3 Å². The molecule has 0 spiro atoms. The SMILES string of the molecule is CCNC1c2ccccc2CC1CCS(=O)(=O)CC. The summed E-state index contributed by atoms with van der Waals surface area (Å²) in [5, 5.41) is 3.51. The van der Waals surface area contributed by atoms with Crippen LogP contribution in [0.25, 0.3) is 0 Å². The molecule has 2 unspecified atom stereocenters.